The second-order valence-corrected chi connectivity index (χ2v) is 7.36. The lowest BCUT2D eigenvalue weighted by molar-refractivity contribution is -0.249. The van der Waals surface area contributed by atoms with Gasteiger partial charge in [0.25, 0.3) is 5.91 Å². The molecule has 0 aliphatic carbocycles. The minimum Gasteiger partial charge on any atom is -0.462 e. The first-order chi connectivity index (χ1) is 13.1. The van der Waals surface area contributed by atoms with Gasteiger partial charge in [0.1, 0.15) is 12.6 Å². The molecule has 0 radical (unpaired) electrons. The summed E-state index contributed by atoms with van der Waals surface area (Å²) in [4.78, 5) is 34.0. The zero-order valence-electron chi connectivity index (χ0n) is 15.2. The van der Waals surface area contributed by atoms with E-state index in [1.54, 1.807) is 17.0 Å². The molecule has 3 aliphatic rings. The smallest absolute Gasteiger partial charge is 0.326 e. The standard InChI is InChI=1S/C21H20N2O4/c1-13-18-19(24)26-12-17(14-8-4-3-5-9-14)23(18)27-21(13)15-10-6-7-11-16(15)22(2)20(21)25/h3-11,13,17-18H,12H2,1-2H3/t13-,17-,18+,21+/m1/s1. The van der Waals surface area contributed by atoms with Crippen molar-refractivity contribution in [3.05, 3.63) is 65.7 Å². The maximum atomic E-state index is 13.3. The average Bonchev–Trinajstić information content (AvgIpc) is 3.12. The zero-order valence-corrected chi connectivity index (χ0v) is 15.2. The number of nitrogens with zero attached hydrogens (tertiary/aromatic N) is 2. The summed E-state index contributed by atoms with van der Waals surface area (Å²) >= 11 is 0. The molecule has 5 rings (SSSR count). The average molecular weight is 364 g/mol. The maximum absolute atomic E-state index is 13.3. The molecule has 0 saturated carbocycles. The highest BCUT2D eigenvalue weighted by Crippen LogP contribution is 2.55. The van der Waals surface area contributed by atoms with Crippen LogP contribution in [0.5, 0.6) is 0 Å². The Morgan fingerprint density at radius 3 is 2.52 bits per heavy atom. The Bertz CT molecular complexity index is 931. The van der Waals surface area contributed by atoms with Gasteiger partial charge in [-0.25, -0.2) is 0 Å². The van der Waals surface area contributed by atoms with E-state index < -0.39 is 11.6 Å². The molecule has 0 bridgehead atoms. The van der Waals surface area contributed by atoms with Crippen LogP contribution in [0.4, 0.5) is 5.69 Å². The van der Waals surface area contributed by atoms with Gasteiger partial charge in [0.2, 0.25) is 0 Å². The van der Waals surface area contributed by atoms with Crippen molar-refractivity contribution in [3.8, 4) is 0 Å². The van der Waals surface area contributed by atoms with Gasteiger partial charge in [-0.2, -0.15) is 5.06 Å². The molecule has 2 aromatic carbocycles. The van der Waals surface area contributed by atoms with E-state index in [2.05, 4.69) is 0 Å². The maximum Gasteiger partial charge on any atom is 0.326 e. The number of para-hydroxylation sites is 1. The van der Waals surface area contributed by atoms with Gasteiger partial charge in [0.15, 0.2) is 5.60 Å². The number of esters is 1. The van der Waals surface area contributed by atoms with Gasteiger partial charge >= 0.3 is 5.97 Å². The van der Waals surface area contributed by atoms with Crippen LogP contribution in [0.25, 0.3) is 0 Å². The summed E-state index contributed by atoms with van der Waals surface area (Å²) in [5.74, 6) is -0.869. The van der Waals surface area contributed by atoms with Crippen molar-refractivity contribution in [3.63, 3.8) is 0 Å². The number of hydrogen-bond acceptors (Lipinski definition) is 5. The van der Waals surface area contributed by atoms with E-state index in [4.69, 9.17) is 9.57 Å². The van der Waals surface area contributed by atoms with Gasteiger partial charge in [-0.05, 0) is 11.6 Å². The third kappa shape index (κ3) is 2.02. The normalized spacial score (nSPS) is 32.5. The quantitative estimate of drug-likeness (QED) is 0.728. The van der Waals surface area contributed by atoms with Crippen LogP contribution in [0.2, 0.25) is 0 Å². The van der Waals surface area contributed by atoms with Gasteiger partial charge in [-0.1, -0.05) is 55.5 Å². The minimum atomic E-state index is -1.20. The van der Waals surface area contributed by atoms with Crippen molar-refractivity contribution in [1.82, 2.24) is 5.06 Å². The van der Waals surface area contributed by atoms with E-state index >= 15 is 0 Å². The number of hydroxylamine groups is 2. The predicted molar refractivity (Wildman–Crippen MR) is 97.5 cm³/mol. The number of hydrogen-bond donors (Lipinski definition) is 0. The number of carbonyl (C=O) groups excluding carboxylic acids is 2. The molecule has 0 N–H and O–H groups in total. The lowest BCUT2D eigenvalue weighted by Crippen LogP contribution is -2.48. The van der Waals surface area contributed by atoms with Crippen molar-refractivity contribution in [2.24, 2.45) is 5.92 Å². The Labute approximate surface area is 157 Å². The SMILES string of the molecule is C[C@@H]1[C@H]2C(=O)OC[C@H](c3ccccc3)N2O[C@@]12C(=O)N(C)c1ccccc12. The van der Waals surface area contributed by atoms with Crippen LogP contribution in [-0.4, -0.2) is 36.6 Å². The zero-order chi connectivity index (χ0) is 18.8. The third-order valence-electron chi connectivity index (χ3n) is 6.04. The van der Waals surface area contributed by atoms with Crippen molar-refractivity contribution in [1.29, 1.82) is 0 Å². The van der Waals surface area contributed by atoms with Crippen molar-refractivity contribution < 1.29 is 19.2 Å². The molecule has 2 aromatic rings. The molecule has 3 heterocycles. The van der Waals surface area contributed by atoms with E-state index in [1.807, 2.05) is 61.5 Å². The van der Waals surface area contributed by atoms with Gasteiger partial charge in [-0.15, -0.1) is 0 Å². The molecule has 27 heavy (non-hydrogen) atoms. The van der Waals surface area contributed by atoms with Crippen LogP contribution in [0.3, 0.4) is 0 Å². The molecule has 6 nitrogen and oxygen atoms in total. The molecular weight excluding hydrogens is 344 g/mol. The number of amides is 1. The molecule has 0 aromatic heterocycles. The number of morpholine rings is 1. The van der Waals surface area contributed by atoms with E-state index in [0.717, 1.165) is 16.8 Å². The van der Waals surface area contributed by atoms with Gasteiger partial charge in [-0.3, -0.25) is 14.4 Å². The number of cyclic esters (lactones) is 1. The second-order valence-electron chi connectivity index (χ2n) is 7.36. The summed E-state index contributed by atoms with van der Waals surface area (Å²) in [6, 6.07) is 16.5. The summed E-state index contributed by atoms with van der Waals surface area (Å²) < 4.78 is 5.50. The summed E-state index contributed by atoms with van der Waals surface area (Å²) in [6.07, 6.45) is 0. The Morgan fingerprint density at radius 1 is 1.04 bits per heavy atom. The lowest BCUT2D eigenvalue weighted by atomic mass is 9.79. The van der Waals surface area contributed by atoms with E-state index in [1.165, 1.54) is 0 Å². The molecule has 4 atom stereocenters. The summed E-state index contributed by atoms with van der Waals surface area (Å²) in [7, 11) is 1.75. The fraction of sp³-hybridized carbons (Fsp3) is 0.333. The van der Waals surface area contributed by atoms with Gasteiger partial charge < -0.3 is 9.64 Å². The van der Waals surface area contributed by atoms with Crippen molar-refractivity contribution >= 4 is 17.6 Å². The number of likely N-dealkylation sites (N-methyl/N-ethyl adjacent to an activating group) is 1. The Kier molecular flexibility index (Phi) is 3.44. The first-order valence-corrected chi connectivity index (χ1v) is 9.12. The summed E-state index contributed by atoms with van der Waals surface area (Å²) in [5.41, 5.74) is 1.41. The molecule has 138 valence electrons. The van der Waals surface area contributed by atoms with Crippen LogP contribution in [0.1, 0.15) is 24.1 Å². The Balaban J connectivity index is 1.64. The second kappa shape index (κ2) is 5.65. The number of fused-ring (bicyclic) bond motifs is 3. The number of benzene rings is 2. The highest BCUT2D eigenvalue weighted by Gasteiger charge is 2.67. The van der Waals surface area contributed by atoms with E-state index in [9.17, 15) is 9.59 Å². The highest BCUT2D eigenvalue weighted by molar-refractivity contribution is 6.07. The molecule has 2 fully saturated rings. The van der Waals surface area contributed by atoms with Crippen LogP contribution in [-0.2, 0) is 24.8 Å². The van der Waals surface area contributed by atoms with Crippen LogP contribution < -0.4 is 4.90 Å². The fourth-order valence-corrected chi connectivity index (χ4v) is 4.63. The summed E-state index contributed by atoms with van der Waals surface area (Å²) in [6.45, 7) is 2.10. The lowest BCUT2D eigenvalue weighted by Gasteiger charge is -2.35. The predicted octanol–water partition coefficient (Wildman–Crippen LogP) is 2.41. The van der Waals surface area contributed by atoms with Gasteiger partial charge in [0.05, 0.1) is 11.7 Å². The highest BCUT2D eigenvalue weighted by atomic mass is 16.7. The Hall–Kier alpha value is -2.70. The number of rotatable bonds is 1. The number of ether oxygens (including phenoxy) is 1. The topological polar surface area (TPSA) is 59.1 Å². The number of anilines is 1. The molecule has 1 spiro atoms. The van der Waals surface area contributed by atoms with E-state index in [-0.39, 0.29) is 30.4 Å². The Morgan fingerprint density at radius 2 is 1.74 bits per heavy atom. The van der Waals surface area contributed by atoms with Crippen LogP contribution in [0.15, 0.2) is 54.6 Å². The van der Waals surface area contributed by atoms with Crippen molar-refractivity contribution in [2.75, 3.05) is 18.6 Å². The molecule has 2 saturated heterocycles. The van der Waals surface area contributed by atoms with Crippen LogP contribution in [0, 0.1) is 5.92 Å². The summed E-state index contributed by atoms with van der Waals surface area (Å²) in [5, 5.41) is 1.69. The monoisotopic (exact) mass is 364 g/mol. The largest absolute Gasteiger partial charge is 0.462 e. The molecular formula is C21H20N2O4. The third-order valence-corrected chi connectivity index (χ3v) is 6.04. The van der Waals surface area contributed by atoms with Crippen molar-refractivity contribution in [2.45, 2.75) is 24.6 Å². The molecule has 0 unspecified atom stereocenters. The van der Waals surface area contributed by atoms with Gasteiger partial charge in [0, 0.05) is 18.5 Å². The molecule has 1 amide bonds. The molecule has 3 aliphatic heterocycles. The first-order valence-electron chi connectivity index (χ1n) is 9.12. The first kappa shape index (κ1) is 16.5. The number of carbonyl (C=O) groups is 2. The van der Waals surface area contributed by atoms with E-state index in [0.29, 0.717) is 0 Å². The molecule has 6 heteroatoms. The minimum absolute atomic E-state index is 0.148. The van der Waals surface area contributed by atoms with Crippen LogP contribution >= 0.6 is 0 Å². The fourth-order valence-electron chi connectivity index (χ4n) is 4.63.